The highest BCUT2D eigenvalue weighted by molar-refractivity contribution is 6.31. The molecule has 7 aromatic rings. The Hall–Kier alpha value is -6.00. The standard InChI is InChI=1S/C36H26ClN5O5/c1-22-16-26(23(2)40(22)28-11-13-30(14-12-28)46-21-24-6-5-7-29(17-24)42(44)45)20-38-41-35(39-32-9-4-3-8-31(32)36(41)43)34-19-25-18-27(37)10-15-33(25)47-34/h3-20H,21H2,1-2H3. The van der Waals surface area contributed by atoms with Crippen LogP contribution in [0.1, 0.15) is 22.5 Å². The number of halogens is 1. The Bertz CT molecular complexity index is 2410. The average Bonchev–Trinajstić information content (AvgIpc) is 3.62. The Balaban J connectivity index is 1.19. The summed E-state index contributed by atoms with van der Waals surface area (Å²) < 4.78 is 15.3. The van der Waals surface area contributed by atoms with Gasteiger partial charge >= 0.3 is 0 Å². The third kappa shape index (κ3) is 5.78. The summed E-state index contributed by atoms with van der Waals surface area (Å²) in [6.45, 7) is 4.17. The molecule has 4 aromatic carbocycles. The van der Waals surface area contributed by atoms with Crippen molar-refractivity contribution >= 4 is 45.4 Å². The van der Waals surface area contributed by atoms with Gasteiger partial charge in [-0.2, -0.15) is 9.78 Å². The van der Waals surface area contributed by atoms with E-state index in [0.29, 0.717) is 38.6 Å². The molecule has 11 heteroatoms. The number of hydrogen-bond acceptors (Lipinski definition) is 7. The van der Waals surface area contributed by atoms with Crippen LogP contribution in [0.25, 0.3) is 39.1 Å². The number of hydrogen-bond donors (Lipinski definition) is 0. The number of para-hydroxylation sites is 1. The molecule has 0 aliphatic heterocycles. The zero-order chi connectivity index (χ0) is 32.7. The van der Waals surface area contributed by atoms with Crippen LogP contribution in [-0.2, 0) is 6.61 Å². The van der Waals surface area contributed by atoms with Crippen LogP contribution in [-0.4, -0.2) is 25.4 Å². The molecular formula is C36H26ClN5O5. The van der Waals surface area contributed by atoms with Crippen molar-refractivity contribution in [1.82, 2.24) is 14.2 Å². The molecule has 0 aliphatic rings. The lowest BCUT2D eigenvalue weighted by Crippen LogP contribution is -2.20. The smallest absolute Gasteiger partial charge is 0.282 e. The molecule has 0 amide bonds. The topological polar surface area (TPSA) is 118 Å². The van der Waals surface area contributed by atoms with Crippen LogP contribution in [0.4, 0.5) is 5.69 Å². The van der Waals surface area contributed by atoms with E-state index in [-0.39, 0.29) is 23.7 Å². The van der Waals surface area contributed by atoms with Gasteiger partial charge in [-0.1, -0.05) is 35.9 Å². The van der Waals surface area contributed by atoms with Gasteiger partial charge in [-0.15, -0.1) is 0 Å². The number of non-ortho nitro benzene ring substituents is 1. The molecule has 3 heterocycles. The number of aromatic nitrogens is 3. The van der Waals surface area contributed by atoms with Gasteiger partial charge in [-0.3, -0.25) is 14.9 Å². The number of ether oxygens (including phenoxy) is 1. The molecule has 0 saturated heterocycles. The molecule has 47 heavy (non-hydrogen) atoms. The fraction of sp³-hybridized carbons (Fsp3) is 0.0833. The van der Waals surface area contributed by atoms with Gasteiger partial charge in [0.25, 0.3) is 11.2 Å². The second kappa shape index (κ2) is 12.1. The fourth-order valence-electron chi connectivity index (χ4n) is 5.57. The third-order valence-corrected chi connectivity index (χ3v) is 8.09. The minimum atomic E-state index is -0.424. The highest BCUT2D eigenvalue weighted by Crippen LogP contribution is 2.29. The molecule has 0 spiro atoms. The van der Waals surface area contributed by atoms with Crippen LogP contribution in [0.2, 0.25) is 5.02 Å². The van der Waals surface area contributed by atoms with Gasteiger partial charge in [-0.05, 0) is 86.1 Å². The zero-order valence-electron chi connectivity index (χ0n) is 25.3. The predicted molar refractivity (Wildman–Crippen MR) is 182 cm³/mol. The fourth-order valence-corrected chi connectivity index (χ4v) is 5.75. The lowest BCUT2D eigenvalue weighted by Gasteiger charge is -2.11. The van der Waals surface area contributed by atoms with E-state index in [2.05, 4.69) is 9.67 Å². The first-order valence-electron chi connectivity index (χ1n) is 14.7. The highest BCUT2D eigenvalue weighted by Gasteiger charge is 2.17. The van der Waals surface area contributed by atoms with Gasteiger partial charge in [0.2, 0.25) is 5.82 Å². The van der Waals surface area contributed by atoms with E-state index >= 15 is 0 Å². The van der Waals surface area contributed by atoms with E-state index < -0.39 is 4.92 Å². The second-order valence-electron chi connectivity index (χ2n) is 11.0. The summed E-state index contributed by atoms with van der Waals surface area (Å²) in [5.74, 6) is 1.29. The Morgan fingerprint density at radius 3 is 2.60 bits per heavy atom. The highest BCUT2D eigenvalue weighted by atomic mass is 35.5. The minimum Gasteiger partial charge on any atom is -0.489 e. The van der Waals surface area contributed by atoms with Crippen LogP contribution in [0.3, 0.4) is 0 Å². The summed E-state index contributed by atoms with van der Waals surface area (Å²) in [5.41, 5.74) is 5.17. The van der Waals surface area contributed by atoms with Gasteiger partial charge < -0.3 is 13.7 Å². The summed E-state index contributed by atoms with van der Waals surface area (Å²) >= 11 is 6.20. The van der Waals surface area contributed by atoms with Gasteiger partial charge in [0.1, 0.15) is 17.9 Å². The first kappa shape index (κ1) is 29.7. The molecule has 3 aromatic heterocycles. The van der Waals surface area contributed by atoms with Crippen molar-refractivity contribution in [2.45, 2.75) is 20.5 Å². The van der Waals surface area contributed by atoms with Gasteiger partial charge in [-0.25, -0.2) is 4.98 Å². The molecular weight excluding hydrogens is 618 g/mol. The number of fused-ring (bicyclic) bond motifs is 2. The quantitative estimate of drug-likeness (QED) is 0.0935. The Morgan fingerprint density at radius 1 is 0.979 bits per heavy atom. The van der Waals surface area contributed by atoms with Crippen LogP contribution < -0.4 is 10.3 Å². The largest absolute Gasteiger partial charge is 0.489 e. The number of aryl methyl sites for hydroxylation is 1. The van der Waals surface area contributed by atoms with E-state index in [1.54, 1.807) is 60.8 Å². The molecule has 7 rings (SSSR count). The Morgan fingerprint density at radius 2 is 1.79 bits per heavy atom. The monoisotopic (exact) mass is 643 g/mol. The van der Waals surface area contributed by atoms with E-state index in [4.69, 9.17) is 25.7 Å². The summed E-state index contributed by atoms with van der Waals surface area (Å²) in [7, 11) is 0. The molecule has 0 unspecified atom stereocenters. The summed E-state index contributed by atoms with van der Waals surface area (Å²) in [5, 5.41) is 17.5. The average molecular weight is 644 g/mol. The predicted octanol–water partition coefficient (Wildman–Crippen LogP) is 8.24. The van der Waals surface area contributed by atoms with Gasteiger partial charge in [0.15, 0.2) is 5.76 Å². The molecule has 232 valence electrons. The van der Waals surface area contributed by atoms with Crippen LogP contribution in [0.15, 0.2) is 117 Å². The lowest BCUT2D eigenvalue weighted by atomic mass is 10.2. The van der Waals surface area contributed by atoms with Crippen molar-refractivity contribution in [2.75, 3.05) is 0 Å². The number of rotatable bonds is 8. The molecule has 0 aliphatic carbocycles. The van der Waals surface area contributed by atoms with Crippen molar-refractivity contribution in [3.05, 3.63) is 151 Å². The minimum absolute atomic E-state index is 0.0252. The van der Waals surface area contributed by atoms with E-state index in [1.807, 2.05) is 50.2 Å². The summed E-state index contributed by atoms with van der Waals surface area (Å²) in [6.07, 6.45) is 1.65. The maximum Gasteiger partial charge on any atom is 0.282 e. The lowest BCUT2D eigenvalue weighted by molar-refractivity contribution is -0.384. The SMILES string of the molecule is Cc1cc(C=Nn2c(-c3cc4cc(Cl)ccc4o3)nc3ccccc3c2=O)c(C)n1-c1ccc(OCc2cccc([N+](=O)[O-])c2)cc1. The maximum atomic E-state index is 13.7. The third-order valence-electron chi connectivity index (χ3n) is 7.86. The van der Waals surface area contributed by atoms with Crippen LogP contribution in [0.5, 0.6) is 5.75 Å². The van der Waals surface area contributed by atoms with E-state index in [0.717, 1.165) is 28.0 Å². The number of benzene rings is 4. The van der Waals surface area contributed by atoms with E-state index in [9.17, 15) is 14.9 Å². The number of nitro benzene ring substituents is 1. The first-order chi connectivity index (χ1) is 22.7. The number of nitro groups is 1. The summed E-state index contributed by atoms with van der Waals surface area (Å²) in [4.78, 5) is 29.1. The molecule has 0 radical (unpaired) electrons. The van der Waals surface area contributed by atoms with Crippen molar-refractivity contribution in [3.8, 4) is 23.0 Å². The van der Waals surface area contributed by atoms with Crippen LogP contribution >= 0.6 is 11.6 Å². The van der Waals surface area contributed by atoms with Gasteiger partial charge in [0.05, 0.1) is 22.0 Å². The zero-order valence-corrected chi connectivity index (χ0v) is 26.0. The summed E-state index contributed by atoms with van der Waals surface area (Å²) in [6, 6.07) is 30.2. The molecule has 0 bridgehead atoms. The molecule has 0 fully saturated rings. The normalized spacial score (nSPS) is 11.6. The molecule has 0 saturated carbocycles. The first-order valence-corrected chi connectivity index (χ1v) is 15.0. The maximum absolute atomic E-state index is 13.7. The van der Waals surface area contributed by atoms with E-state index in [1.165, 1.54) is 16.8 Å². The molecule has 0 N–H and O–H groups in total. The van der Waals surface area contributed by atoms with Crippen molar-refractivity contribution in [1.29, 1.82) is 0 Å². The van der Waals surface area contributed by atoms with Crippen molar-refractivity contribution in [2.24, 2.45) is 5.10 Å². The molecule has 0 atom stereocenters. The number of furan rings is 1. The molecule has 10 nitrogen and oxygen atoms in total. The number of nitrogens with zero attached hydrogens (tertiary/aromatic N) is 5. The van der Waals surface area contributed by atoms with Crippen LogP contribution in [0, 0.1) is 24.0 Å². The Labute approximate surface area is 272 Å². The second-order valence-corrected chi connectivity index (χ2v) is 11.4. The Kier molecular flexibility index (Phi) is 7.63. The van der Waals surface area contributed by atoms with Crippen molar-refractivity contribution in [3.63, 3.8) is 0 Å². The van der Waals surface area contributed by atoms with Gasteiger partial charge in [0, 0.05) is 45.2 Å². The van der Waals surface area contributed by atoms with Crippen molar-refractivity contribution < 1.29 is 14.1 Å².